The standard InChI is InChI=1S/C21H30N6O3/c1-13(2)10-19(28)22-8-6-7-9-23-20-21-26-25-14(3)27(21)16-12-18(30-5)17(29-4)11-15(16)24-20/h11-13H,6-10H2,1-5H3,(H,22,28)(H,23,24). The maximum absolute atomic E-state index is 11.7. The Hall–Kier alpha value is -3.10. The van der Waals surface area contributed by atoms with Crippen LogP contribution in [0.1, 0.15) is 38.9 Å². The molecule has 0 radical (unpaired) electrons. The van der Waals surface area contributed by atoms with Gasteiger partial charge in [0.15, 0.2) is 17.3 Å². The van der Waals surface area contributed by atoms with Crippen LogP contribution >= 0.6 is 0 Å². The van der Waals surface area contributed by atoms with Gasteiger partial charge in [0, 0.05) is 31.6 Å². The molecular formula is C21H30N6O3. The van der Waals surface area contributed by atoms with Crippen LogP contribution in [-0.4, -0.2) is 52.8 Å². The average Bonchev–Trinajstić information content (AvgIpc) is 3.11. The smallest absolute Gasteiger partial charge is 0.220 e. The topological polar surface area (TPSA) is 103 Å². The molecule has 0 atom stereocenters. The van der Waals surface area contributed by atoms with Gasteiger partial charge in [0.25, 0.3) is 0 Å². The molecule has 3 aromatic rings. The van der Waals surface area contributed by atoms with Crippen LogP contribution in [0.3, 0.4) is 0 Å². The van der Waals surface area contributed by atoms with Gasteiger partial charge in [-0.05, 0) is 25.7 Å². The Morgan fingerprint density at radius 1 is 1.10 bits per heavy atom. The molecular weight excluding hydrogens is 384 g/mol. The van der Waals surface area contributed by atoms with Gasteiger partial charge in [-0.3, -0.25) is 9.20 Å². The van der Waals surface area contributed by atoms with E-state index in [9.17, 15) is 4.79 Å². The summed E-state index contributed by atoms with van der Waals surface area (Å²) >= 11 is 0. The van der Waals surface area contributed by atoms with Gasteiger partial charge in [-0.2, -0.15) is 0 Å². The van der Waals surface area contributed by atoms with E-state index >= 15 is 0 Å². The molecule has 0 unspecified atom stereocenters. The first-order chi connectivity index (χ1) is 14.4. The number of aryl methyl sites for hydroxylation is 1. The normalized spacial score (nSPS) is 11.3. The van der Waals surface area contributed by atoms with Gasteiger partial charge in [-0.25, -0.2) is 4.98 Å². The molecule has 2 aromatic heterocycles. The second kappa shape index (κ2) is 9.60. The second-order valence-corrected chi connectivity index (χ2v) is 7.64. The zero-order valence-electron chi connectivity index (χ0n) is 18.3. The van der Waals surface area contributed by atoms with E-state index in [0.29, 0.717) is 48.4 Å². The minimum Gasteiger partial charge on any atom is -0.493 e. The number of aromatic nitrogens is 4. The summed E-state index contributed by atoms with van der Waals surface area (Å²) < 4.78 is 12.8. The molecule has 0 bridgehead atoms. The number of benzene rings is 1. The quantitative estimate of drug-likeness (QED) is 0.492. The zero-order valence-corrected chi connectivity index (χ0v) is 18.3. The molecule has 2 N–H and O–H groups in total. The number of fused-ring (bicyclic) bond motifs is 3. The van der Waals surface area contributed by atoms with Gasteiger partial charge in [0.1, 0.15) is 5.82 Å². The highest BCUT2D eigenvalue weighted by Gasteiger charge is 2.16. The maximum atomic E-state index is 11.7. The molecule has 3 rings (SSSR count). The van der Waals surface area contributed by atoms with Crippen molar-refractivity contribution in [3.8, 4) is 11.5 Å². The van der Waals surface area contributed by atoms with E-state index in [4.69, 9.17) is 14.5 Å². The number of rotatable bonds is 10. The molecule has 162 valence electrons. The van der Waals surface area contributed by atoms with Crippen LogP contribution in [-0.2, 0) is 4.79 Å². The number of methoxy groups -OCH3 is 2. The summed E-state index contributed by atoms with van der Waals surface area (Å²) in [6, 6.07) is 3.73. The molecule has 2 heterocycles. The summed E-state index contributed by atoms with van der Waals surface area (Å²) in [7, 11) is 3.21. The molecule has 0 saturated heterocycles. The second-order valence-electron chi connectivity index (χ2n) is 7.64. The van der Waals surface area contributed by atoms with E-state index in [1.54, 1.807) is 14.2 Å². The van der Waals surface area contributed by atoms with E-state index < -0.39 is 0 Å². The van der Waals surface area contributed by atoms with Gasteiger partial charge < -0.3 is 20.1 Å². The number of hydrogen-bond acceptors (Lipinski definition) is 7. The van der Waals surface area contributed by atoms with Crippen molar-refractivity contribution in [3.63, 3.8) is 0 Å². The van der Waals surface area contributed by atoms with Crippen molar-refractivity contribution in [1.82, 2.24) is 24.9 Å². The van der Waals surface area contributed by atoms with Crippen LogP contribution in [0.4, 0.5) is 5.82 Å². The predicted molar refractivity (Wildman–Crippen MR) is 116 cm³/mol. The summed E-state index contributed by atoms with van der Waals surface area (Å²) in [4.78, 5) is 16.4. The van der Waals surface area contributed by atoms with Crippen molar-refractivity contribution in [3.05, 3.63) is 18.0 Å². The summed E-state index contributed by atoms with van der Waals surface area (Å²) in [5.41, 5.74) is 2.27. The molecule has 9 heteroatoms. The van der Waals surface area contributed by atoms with E-state index in [1.807, 2.05) is 37.3 Å². The Morgan fingerprint density at radius 3 is 2.50 bits per heavy atom. The van der Waals surface area contributed by atoms with Crippen molar-refractivity contribution in [2.24, 2.45) is 5.92 Å². The molecule has 9 nitrogen and oxygen atoms in total. The fourth-order valence-corrected chi connectivity index (χ4v) is 3.35. The number of nitrogens with zero attached hydrogens (tertiary/aromatic N) is 4. The molecule has 1 amide bonds. The summed E-state index contributed by atoms with van der Waals surface area (Å²) in [6.45, 7) is 7.37. The van der Waals surface area contributed by atoms with Crippen LogP contribution in [0.15, 0.2) is 12.1 Å². The first-order valence-electron chi connectivity index (χ1n) is 10.2. The Bertz CT molecular complexity index is 1030. The van der Waals surface area contributed by atoms with Gasteiger partial charge in [-0.1, -0.05) is 13.8 Å². The third-order valence-corrected chi connectivity index (χ3v) is 4.80. The monoisotopic (exact) mass is 414 g/mol. The van der Waals surface area contributed by atoms with E-state index in [1.165, 1.54) is 0 Å². The van der Waals surface area contributed by atoms with Crippen LogP contribution < -0.4 is 20.1 Å². The van der Waals surface area contributed by atoms with Crippen LogP contribution in [0.25, 0.3) is 16.7 Å². The summed E-state index contributed by atoms with van der Waals surface area (Å²) in [5, 5.41) is 14.8. The third kappa shape index (κ3) is 4.72. The maximum Gasteiger partial charge on any atom is 0.220 e. The summed E-state index contributed by atoms with van der Waals surface area (Å²) in [6.07, 6.45) is 2.35. The average molecular weight is 415 g/mol. The Morgan fingerprint density at radius 2 is 1.80 bits per heavy atom. The molecule has 0 spiro atoms. The number of ether oxygens (including phenoxy) is 2. The van der Waals surface area contributed by atoms with Crippen LogP contribution in [0.2, 0.25) is 0 Å². The van der Waals surface area contributed by atoms with Gasteiger partial charge >= 0.3 is 0 Å². The Balaban J connectivity index is 1.72. The molecule has 30 heavy (non-hydrogen) atoms. The highest BCUT2D eigenvalue weighted by molar-refractivity contribution is 5.85. The van der Waals surface area contributed by atoms with Crippen molar-refractivity contribution < 1.29 is 14.3 Å². The predicted octanol–water partition coefficient (Wildman–Crippen LogP) is 2.96. The van der Waals surface area contributed by atoms with E-state index in [-0.39, 0.29) is 5.91 Å². The molecule has 0 aliphatic carbocycles. The fraction of sp³-hybridized carbons (Fsp3) is 0.524. The lowest BCUT2D eigenvalue weighted by molar-refractivity contribution is -0.121. The highest BCUT2D eigenvalue weighted by Crippen LogP contribution is 2.33. The van der Waals surface area contributed by atoms with Gasteiger partial charge in [0.05, 0.1) is 25.3 Å². The van der Waals surface area contributed by atoms with Crippen molar-refractivity contribution >= 4 is 28.4 Å². The lowest BCUT2D eigenvalue weighted by Gasteiger charge is -2.13. The number of anilines is 1. The number of carbonyl (C=O) groups is 1. The molecule has 0 aliphatic heterocycles. The van der Waals surface area contributed by atoms with E-state index in [2.05, 4.69) is 20.8 Å². The number of hydrogen-bond donors (Lipinski definition) is 2. The first kappa shape index (κ1) is 21.6. The lowest BCUT2D eigenvalue weighted by atomic mass is 10.1. The van der Waals surface area contributed by atoms with Crippen LogP contribution in [0.5, 0.6) is 11.5 Å². The largest absolute Gasteiger partial charge is 0.493 e. The minimum absolute atomic E-state index is 0.110. The number of nitrogens with one attached hydrogen (secondary N) is 2. The molecule has 0 fully saturated rings. The Labute approximate surface area is 176 Å². The zero-order chi connectivity index (χ0) is 21.7. The van der Waals surface area contributed by atoms with Gasteiger partial charge in [-0.15, -0.1) is 10.2 Å². The van der Waals surface area contributed by atoms with Crippen molar-refractivity contribution in [2.45, 2.75) is 40.0 Å². The number of unbranched alkanes of at least 4 members (excludes halogenated alkanes) is 1. The van der Waals surface area contributed by atoms with Crippen molar-refractivity contribution in [1.29, 1.82) is 0 Å². The highest BCUT2D eigenvalue weighted by atomic mass is 16.5. The minimum atomic E-state index is 0.110. The molecule has 1 aromatic carbocycles. The van der Waals surface area contributed by atoms with E-state index in [0.717, 1.165) is 29.7 Å². The third-order valence-electron chi connectivity index (χ3n) is 4.80. The number of carbonyl (C=O) groups excluding carboxylic acids is 1. The van der Waals surface area contributed by atoms with Crippen LogP contribution in [0, 0.1) is 12.8 Å². The first-order valence-corrected chi connectivity index (χ1v) is 10.2. The molecule has 0 aliphatic rings. The summed E-state index contributed by atoms with van der Waals surface area (Å²) in [5.74, 6) is 3.16. The Kier molecular flexibility index (Phi) is 6.91. The SMILES string of the molecule is COc1cc2nc(NCCCCNC(=O)CC(C)C)c3nnc(C)n3c2cc1OC. The molecule has 0 saturated carbocycles. The lowest BCUT2D eigenvalue weighted by Crippen LogP contribution is -2.25. The number of amides is 1. The van der Waals surface area contributed by atoms with Crippen molar-refractivity contribution in [2.75, 3.05) is 32.6 Å². The van der Waals surface area contributed by atoms with Gasteiger partial charge in [0.2, 0.25) is 11.6 Å². The fourth-order valence-electron chi connectivity index (χ4n) is 3.35.